The minimum atomic E-state index is 0.352. The number of rotatable bonds is 3. The molecule has 0 radical (unpaired) electrons. The maximum Gasteiger partial charge on any atom is 0.145 e. The highest BCUT2D eigenvalue weighted by atomic mass is 35.5. The fourth-order valence-electron chi connectivity index (χ4n) is 2.04. The van der Waals surface area contributed by atoms with Crippen molar-refractivity contribution < 1.29 is 4.74 Å². The van der Waals surface area contributed by atoms with Crippen molar-refractivity contribution in [3.63, 3.8) is 0 Å². The Morgan fingerprint density at radius 2 is 2.38 bits per heavy atom. The number of methoxy groups -OCH3 is 1. The van der Waals surface area contributed by atoms with E-state index in [2.05, 4.69) is 10.3 Å². The van der Waals surface area contributed by atoms with E-state index in [0.717, 1.165) is 19.3 Å². The van der Waals surface area contributed by atoms with E-state index >= 15 is 0 Å². The maximum atomic E-state index is 6.04. The lowest BCUT2D eigenvalue weighted by Gasteiger charge is -2.14. The van der Waals surface area contributed by atoms with Gasteiger partial charge in [-0.2, -0.15) is 0 Å². The van der Waals surface area contributed by atoms with Crippen LogP contribution in [0.25, 0.3) is 0 Å². The molecule has 0 aliphatic heterocycles. The van der Waals surface area contributed by atoms with E-state index in [9.17, 15) is 0 Å². The van der Waals surface area contributed by atoms with Gasteiger partial charge >= 0.3 is 0 Å². The molecule has 1 saturated carbocycles. The van der Waals surface area contributed by atoms with Crippen LogP contribution in [0.15, 0.2) is 12.3 Å². The third kappa shape index (κ3) is 2.57. The molecule has 0 amide bonds. The number of pyridine rings is 1. The molecule has 0 spiro atoms. The van der Waals surface area contributed by atoms with E-state index < -0.39 is 0 Å². The van der Waals surface area contributed by atoms with E-state index in [1.165, 1.54) is 0 Å². The van der Waals surface area contributed by atoms with Crippen LogP contribution in [-0.4, -0.2) is 24.2 Å². The minimum Gasteiger partial charge on any atom is -0.397 e. The molecule has 2 rings (SSSR count). The molecule has 3 N–H and O–H groups in total. The summed E-state index contributed by atoms with van der Waals surface area (Å²) in [4.78, 5) is 4.18. The van der Waals surface area contributed by atoms with Crippen molar-refractivity contribution in [2.45, 2.75) is 31.4 Å². The topological polar surface area (TPSA) is 60.2 Å². The van der Waals surface area contributed by atoms with Crippen molar-refractivity contribution in [2.24, 2.45) is 0 Å². The molecule has 1 aromatic rings. The summed E-state index contributed by atoms with van der Waals surface area (Å²) in [6.45, 7) is 0. The van der Waals surface area contributed by atoms with Crippen molar-refractivity contribution in [2.75, 3.05) is 18.2 Å². The molecule has 2 atom stereocenters. The van der Waals surface area contributed by atoms with E-state index in [-0.39, 0.29) is 0 Å². The summed E-state index contributed by atoms with van der Waals surface area (Å²) >= 11 is 6.04. The molecule has 1 aromatic heterocycles. The quantitative estimate of drug-likeness (QED) is 0.853. The lowest BCUT2D eigenvalue weighted by atomic mass is 10.2. The van der Waals surface area contributed by atoms with E-state index in [1.807, 2.05) is 0 Å². The van der Waals surface area contributed by atoms with Crippen molar-refractivity contribution in [1.29, 1.82) is 0 Å². The Balaban J connectivity index is 1.99. The van der Waals surface area contributed by atoms with Crippen LogP contribution in [0.3, 0.4) is 0 Å². The van der Waals surface area contributed by atoms with Crippen LogP contribution in [0.1, 0.15) is 19.3 Å². The summed E-state index contributed by atoms with van der Waals surface area (Å²) in [7, 11) is 1.75. The summed E-state index contributed by atoms with van der Waals surface area (Å²) in [5, 5.41) is 3.89. The highest BCUT2D eigenvalue weighted by molar-refractivity contribution is 6.33. The number of ether oxygens (including phenoxy) is 1. The first kappa shape index (κ1) is 11.5. The van der Waals surface area contributed by atoms with Gasteiger partial charge in [-0.3, -0.25) is 0 Å². The van der Waals surface area contributed by atoms with E-state index in [1.54, 1.807) is 19.4 Å². The van der Waals surface area contributed by atoms with Gasteiger partial charge in [0.05, 0.1) is 23.0 Å². The Bertz CT molecular complexity index is 372. The van der Waals surface area contributed by atoms with E-state index in [0.29, 0.717) is 28.7 Å². The average Bonchev–Trinajstić information content (AvgIpc) is 2.70. The van der Waals surface area contributed by atoms with Crippen LogP contribution in [0.2, 0.25) is 5.02 Å². The van der Waals surface area contributed by atoms with Crippen molar-refractivity contribution >= 4 is 23.1 Å². The Morgan fingerprint density at radius 3 is 3.00 bits per heavy atom. The first-order valence-corrected chi connectivity index (χ1v) is 5.77. The Hall–Kier alpha value is -1.00. The molecule has 4 nitrogen and oxygen atoms in total. The van der Waals surface area contributed by atoms with Gasteiger partial charge in [-0.05, 0) is 25.3 Å². The van der Waals surface area contributed by atoms with Crippen molar-refractivity contribution in [3.05, 3.63) is 17.3 Å². The number of halogens is 1. The molecule has 0 aromatic carbocycles. The molecule has 1 heterocycles. The number of nitrogen functional groups attached to an aromatic ring is 1. The second-order valence-corrected chi connectivity index (χ2v) is 4.52. The zero-order valence-corrected chi connectivity index (χ0v) is 10.00. The minimum absolute atomic E-state index is 0.352. The fraction of sp³-hybridized carbons (Fsp3) is 0.545. The van der Waals surface area contributed by atoms with Crippen LogP contribution in [0, 0.1) is 0 Å². The molecule has 88 valence electrons. The summed E-state index contributed by atoms with van der Waals surface area (Å²) in [5.41, 5.74) is 6.16. The number of nitrogens with two attached hydrogens (primary N) is 1. The number of anilines is 2. The van der Waals surface area contributed by atoms with Crippen molar-refractivity contribution in [1.82, 2.24) is 4.98 Å². The van der Waals surface area contributed by atoms with Crippen LogP contribution in [-0.2, 0) is 4.74 Å². The third-order valence-electron chi connectivity index (χ3n) is 2.92. The second-order valence-electron chi connectivity index (χ2n) is 4.11. The van der Waals surface area contributed by atoms with Gasteiger partial charge in [-0.15, -0.1) is 0 Å². The normalized spacial score (nSPS) is 24.6. The number of aromatic nitrogens is 1. The van der Waals surface area contributed by atoms with Gasteiger partial charge in [0.2, 0.25) is 0 Å². The largest absolute Gasteiger partial charge is 0.397 e. The second kappa shape index (κ2) is 4.89. The summed E-state index contributed by atoms with van der Waals surface area (Å²) < 4.78 is 5.32. The molecule has 1 aliphatic rings. The zero-order valence-electron chi connectivity index (χ0n) is 9.24. The first-order valence-electron chi connectivity index (χ1n) is 5.39. The molecule has 1 fully saturated rings. The van der Waals surface area contributed by atoms with Crippen LogP contribution in [0.5, 0.6) is 0 Å². The molecule has 1 aliphatic carbocycles. The lowest BCUT2D eigenvalue weighted by molar-refractivity contribution is 0.108. The summed E-state index contributed by atoms with van der Waals surface area (Å²) in [5.74, 6) is 0.706. The standard InChI is InChI=1S/C11H16ClN3O/c1-16-9-3-2-8(5-9)15-11-10(12)4-7(13)6-14-11/h4,6,8-9H,2-3,5,13H2,1H3,(H,14,15). The monoisotopic (exact) mass is 241 g/mol. The van der Waals surface area contributed by atoms with Crippen LogP contribution >= 0.6 is 11.6 Å². The molecular weight excluding hydrogens is 226 g/mol. The van der Waals surface area contributed by atoms with Gasteiger partial charge in [0.25, 0.3) is 0 Å². The summed E-state index contributed by atoms with van der Waals surface area (Å²) in [6.07, 6.45) is 5.13. The molecule has 16 heavy (non-hydrogen) atoms. The van der Waals surface area contributed by atoms with Gasteiger partial charge in [0.15, 0.2) is 0 Å². The fourth-order valence-corrected chi connectivity index (χ4v) is 2.27. The highest BCUT2D eigenvalue weighted by Gasteiger charge is 2.24. The van der Waals surface area contributed by atoms with Gasteiger partial charge in [-0.1, -0.05) is 11.6 Å². The Labute approximate surface area is 100 Å². The van der Waals surface area contributed by atoms with Crippen LogP contribution < -0.4 is 11.1 Å². The van der Waals surface area contributed by atoms with Gasteiger partial charge in [0, 0.05) is 13.2 Å². The predicted octanol–water partition coefficient (Wildman–Crippen LogP) is 2.30. The highest BCUT2D eigenvalue weighted by Crippen LogP contribution is 2.27. The van der Waals surface area contributed by atoms with Gasteiger partial charge in [-0.25, -0.2) is 4.98 Å². The van der Waals surface area contributed by atoms with Gasteiger partial charge < -0.3 is 15.8 Å². The van der Waals surface area contributed by atoms with Crippen molar-refractivity contribution in [3.8, 4) is 0 Å². The number of nitrogens with one attached hydrogen (secondary N) is 1. The molecule has 2 unspecified atom stereocenters. The average molecular weight is 242 g/mol. The first-order chi connectivity index (χ1) is 7.69. The maximum absolute atomic E-state index is 6.04. The molecule has 0 saturated heterocycles. The lowest BCUT2D eigenvalue weighted by Crippen LogP contribution is -2.18. The smallest absolute Gasteiger partial charge is 0.145 e. The van der Waals surface area contributed by atoms with E-state index in [4.69, 9.17) is 22.1 Å². The summed E-state index contributed by atoms with van der Waals surface area (Å²) in [6, 6.07) is 2.10. The van der Waals surface area contributed by atoms with Crippen LogP contribution in [0.4, 0.5) is 11.5 Å². The third-order valence-corrected chi connectivity index (χ3v) is 3.21. The SMILES string of the molecule is COC1CCC(Nc2ncc(N)cc2Cl)C1. The molecule has 5 heteroatoms. The van der Waals surface area contributed by atoms with Gasteiger partial charge in [0.1, 0.15) is 5.82 Å². The number of hydrogen-bond donors (Lipinski definition) is 2. The number of nitrogens with zero attached hydrogens (tertiary/aromatic N) is 1. The molecule has 0 bridgehead atoms. The zero-order chi connectivity index (χ0) is 11.5. The number of hydrogen-bond acceptors (Lipinski definition) is 4. The Kier molecular flexibility index (Phi) is 3.51. The molecular formula is C11H16ClN3O. The predicted molar refractivity (Wildman–Crippen MR) is 65.7 cm³/mol. The Morgan fingerprint density at radius 1 is 1.56 bits per heavy atom.